The van der Waals surface area contributed by atoms with Crippen LogP contribution in [-0.4, -0.2) is 30.0 Å². The van der Waals surface area contributed by atoms with E-state index in [-0.39, 0.29) is 12.2 Å². The zero-order chi connectivity index (χ0) is 11.4. The summed E-state index contributed by atoms with van der Waals surface area (Å²) in [7, 11) is 0. The second kappa shape index (κ2) is 5.25. The van der Waals surface area contributed by atoms with Crippen molar-refractivity contribution in [1.29, 1.82) is 0 Å². The zero-order valence-electron chi connectivity index (χ0n) is 9.08. The van der Waals surface area contributed by atoms with Crippen LogP contribution in [-0.2, 0) is 16.1 Å². The quantitative estimate of drug-likeness (QED) is 0.583. The summed E-state index contributed by atoms with van der Waals surface area (Å²) >= 11 is 0. The first-order valence-electron chi connectivity index (χ1n) is 5.39. The monoisotopic (exact) mass is 220 g/mol. The molecule has 0 spiro atoms. The molecule has 1 N–H and O–H groups in total. The van der Waals surface area contributed by atoms with E-state index in [2.05, 4.69) is 6.58 Å². The van der Waals surface area contributed by atoms with E-state index in [1.54, 1.807) is 6.08 Å². The van der Waals surface area contributed by atoms with Crippen LogP contribution in [0.3, 0.4) is 0 Å². The number of ether oxygens (including phenoxy) is 2. The van der Waals surface area contributed by atoms with Gasteiger partial charge in [0, 0.05) is 0 Å². The van der Waals surface area contributed by atoms with E-state index >= 15 is 0 Å². The summed E-state index contributed by atoms with van der Waals surface area (Å²) < 4.78 is 10.6. The summed E-state index contributed by atoms with van der Waals surface area (Å²) in [6.45, 7) is 4.75. The van der Waals surface area contributed by atoms with Crippen molar-refractivity contribution >= 4 is 0 Å². The molecule has 1 aromatic rings. The van der Waals surface area contributed by atoms with E-state index in [1.807, 2.05) is 30.3 Å². The van der Waals surface area contributed by atoms with Crippen molar-refractivity contribution in [3.8, 4) is 0 Å². The van der Waals surface area contributed by atoms with Gasteiger partial charge in [0.1, 0.15) is 18.3 Å². The molecular formula is C13H16O3. The van der Waals surface area contributed by atoms with Crippen LogP contribution < -0.4 is 0 Å². The smallest absolute Gasteiger partial charge is 0.112 e. The lowest BCUT2D eigenvalue weighted by Gasteiger charge is -2.18. The number of benzene rings is 1. The third-order valence-electron chi connectivity index (χ3n) is 2.59. The third kappa shape index (κ3) is 2.92. The largest absolute Gasteiger partial charge is 0.387 e. The third-order valence-corrected chi connectivity index (χ3v) is 2.59. The maximum Gasteiger partial charge on any atom is 0.112 e. The van der Waals surface area contributed by atoms with Crippen LogP contribution in [0.1, 0.15) is 5.56 Å². The van der Waals surface area contributed by atoms with Gasteiger partial charge >= 0.3 is 0 Å². The fraction of sp³-hybridized carbons (Fsp3) is 0.385. The first kappa shape index (κ1) is 11.3. The summed E-state index contributed by atoms with van der Waals surface area (Å²) in [6, 6.07) is 9.85. The molecule has 1 aliphatic rings. The van der Waals surface area contributed by atoms with Crippen LogP contribution >= 0.6 is 0 Å². The molecular weight excluding hydrogens is 204 g/mol. The SMILES string of the molecule is C=C[C@@H](OCc1ccccc1)[C@H](O)C1CO1. The first-order valence-corrected chi connectivity index (χ1v) is 5.39. The van der Waals surface area contributed by atoms with E-state index in [1.165, 1.54) is 0 Å². The van der Waals surface area contributed by atoms with Crippen LogP contribution in [0.4, 0.5) is 0 Å². The molecule has 1 aromatic carbocycles. The van der Waals surface area contributed by atoms with E-state index in [0.29, 0.717) is 13.2 Å². The Balaban J connectivity index is 1.85. The standard InChI is InChI=1S/C13H16O3/c1-2-11(13(14)12-9-16-12)15-8-10-6-4-3-5-7-10/h2-7,11-14H,1,8-9H2/t11-,12?,13+/m1/s1. The zero-order valence-corrected chi connectivity index (χ0v) is 9.08. The van der Waals surface area contributed by atoms with Crippen LogP contribution in [0.15, 0.2) is 43.0 Å². The number of aliphatic hydroxyl groups is 1. The lowest BCUT2D eigenvalue weighted by Crippen LogP contribution is -2.31. The van der Waals surface area contributed by atoms with Gasteiger partial charge in [-0.3, -0.25) is 0 Å². The maximum absolute atomic E-state index is 9.81. The highest BCUT2D eigenvalue weighted by Gasteiger charge is 2.36. The Morgan fingerprint density at radius 1 is 1.50 bits per heavy atom. The molecule has 3 nitrogen and oxygen atoms in total. The van der Waals surface area contributed by atoms with Crippen molar-refractivity contribution in [3.63, 3.8) is 0 Å². The molecule has 3 atom stereocenters. The Labute approximate surface area is 95.3 Å². The summed E-state index contributed by atoms with van der Waals surface area (Å²) in [5, 5.41) is 9.81. The highest BCUT2D eigenvalue weighted by molar-refractivity contribution is 5.13. The Morgan fingerprint density at radius 2 is 2.19 bits per heavy atom. The number of aliphatic hydroxyl groups excluding tert-OH is 1. The van der Waals surface area contributed by atoms with Crippen molar-refractivity contribution in [2.45, 2.75) is 24.9 Å². The highest BCUT2D eigenvalue weighted by Crippen LogP contribution is 2.19. The molecule has 1 saturated heterocycles. The van der Waals surface area contributed by atoms with Crippen molar-refractivity contribution in [3.05, 3.63) is 48.6 Å². The van der Waals surface area contributed by atoms with Crippen molar-refractivity contribution < 1.29 is 14.6 Å². The molecule has 1 fully saturated rings. The fourth-order valence-electron chi connectivity index (χ4n) is 1.54. The molecule has 1 aliphatic heterocycles. The number of rotatable bonds is 6. The molecule has 3 heteroatoms. The van der Waals surface area contributed by atoms with Crippen LogP contribution in [0.25, 0.3) is 0 Å². The van der Waals surface area contributed by atoms with E-state index in [9.17, 15) is 5.11 Å². The predicted molar refractivity (Wildman–Crippen MR) is 61.0 cm³/mol. The normalized spacial score (nSPS) is 22.4. The summed E-state index contributed by atoms with van der Waals surface area (Å²) in [4.78, 5) is 0. The van der Waals surface area contributed by atoms with Gasteiger partial charge < -0.3 is 14.6 Å². The van der Waals surface area contributed by atoms with Gasteiger partial charge in [0.15, 0.2) is 0 Å². The van der Waals surface area contributed by atoms with Gasteiger partial charge in [-0.2, -0.15) is 0 Å². The van der Waals surface area contributed by atoms with Gasteiger partial charge in [-0.25, -0.2) is 0 Å². The molecule has 2 rings (SSSR count). The molecule has 0 saturated carbocycles. The lowest BCUT2D eigenvalue weighted by molar-refractivity contribution is -0.0291. The predicted octanol–water partition coefficient (Wildman–Crippen LogP) is 1.52. The van der Waals surface area contributed by atoms with E-state index in [0.717, 1.165) is 5.56 Å². The van der Waals surface area contributed by atoms with Gasteiger partial charge in [0.05, 0.1) is 13.2 Å². The second-order valence-electron chi connectivity index (χ2n) is 3.86. The van der Waals surface area contributed by atoms with Crippen LogP contribution in [0.5, 0.6) is 0 Å². The molecule has 0 amide bonds. The van der Waals surface area contributed by atoms with E-state index < -0.39 is 6.10 Å². The van der Waals surface area contributed by atoms with Crippen LogP contribution in [0, 0.1) is 0 Å². The molecule has 0 radical (unpaired) electrons. The molecule has 0 aromatic heterocycles. The maximum atomic E-state index is 9.81. The highest BCUT2D eigenvalue weighted by atomic mass is 16.6. The fourth-order valence-corrected chi connectivity index (χ4v) is 1.54. The van der Waals surface area contributed by atoms with Gasteiger partial charge in [-0.1, -0.05) is 36.4 Å². The van der Waals surface area contributed by atoms with E-state index in [4.69, 9.17) is 9.47 Å². The number of hydrogen-bond acceptors (Lipinski definition) is 3. The minimum Gasteiger partial charge on any atom is -0.387 e. The van der Waals surface area contributed by atoms with Crippen molar-refractivity contribution in [2.75, 3.05) is 6.61 Å². The topological polar surface area (TPSA) is 42.0 Å². The minimum atomic E-state index is -0.610. The molecule has 1 unspecified atom stereocenters. The number of epoxide rings is 1. The average molecular weight is 220 g/mol. The molecule has 0 aliphatic carbocycles. The Morgan fingerprint density at radius 3 is 2.75 bits per heavy atom. The van der Waals surface area contributed by atoms with Gasteiger partial charge in [0.2, 0.25) is 0 Å². The summed E-state index contributed by atoms with van der Waals surface area (Å²) in [5.74, 6) is 0. The second-order valence-corrected chi connectivity index (χ2v) is 3.86. The summed E-state index contributed by atoms with van der Waals surface area (Å²) in [5.41, 5.74) is 1.08. The van der Waals surface area contributed by atoms with Crippen molar-refractivity contribution in [1.82, 2.24) is 0 Å². The van der Waals surface area contributed by atoms with Gasteiger partial charge in [-0.05, 0) is 5.56 Å². The van der Waals surface area contributed by atoms with Gasteiger partial charge in [0.25, 0.3) is 0 Å². The Hall–Kier alpha value is -1.16. The lowest BCUT2D eigenvalue weighted by atomic mass is 10.1. The van der Waals surface area contributed by atoms with Gasteiger partial charge in [-0.15, -0.1) is 6.58 Å². The molecule has 1 heterocycles. The molecule has 86 valence electrons. The number of hydrogen-bond donors (Lipinski definition) is 1. The Kier molecular flexibility index (Phi) is 3.72. The molecule has 16 heavy (non-hydrogen) atoms. The summed E-state index contributed by atoms with van der Waals surface area (Å²) in [6.07, 6.45) is 0.558. The van der Waals surface area contributed by atoms with Crippen molar-refractivity contribution in [2.24, 2.45) is 0 Å². The molecule has 0 bridgehead atoms. The Bertz CT molecular complexity index is 332. The first-order chi connectivity index (χ1) is 7.81. The minimum absolute atomic E-state index is 0.0845. The average Bonchev–Trinajstić information content (AvgIpc) is 3.15. The van der Waals surface area contributed by atoms with Crippen LogP contribution in [0.2, 0.25) is 0 Å².